The van der Waals surface area contributed by atoms with Crippen LogP contribution in [0.4, 0.5) is 0 Å². The van der Waals surface area contributed by atoms with E-state index in [-0.39, 0.29) is 0 Å². The van der Waals surface area contributed by atoms with Crippen LogP contribution in [0.3, 0.4) is 0 Å². The molecular formula is C13H20O. The zero-order valence-corrected chi connectivity index (χ0v) is 9.63. The van der Waals surface area contributed by atoms with E-state index in [4.69, 9.17) is 4.74 Å². The Kier molecular flexibility index (Phi) is 3.99. The standard InChI is InChI=1S/C13H20O/c1-5-6-12(4)14-13-9-10(2)7-8-11(13)3/h7-9,12H,5-6H2,1-4H3. The molecule has 0 amide bonds. The first-order valence-corrected chi connectivity index (χ1v) is 5.37. The normalized spacial score (nSPS) is 12.6. The molecule has 1 atom stereocenters. The second-order valence-corrected chi connectivity index (χ2v) is 3.99. The molecule has 0 aliphatic rings. The van der Waals surface area contributed by atoms with Crippen molar-refractivity contribution in [1.82, 2.24) is 0 Å². The Morgan fingerprint density at radius 3 is 2.64 bits per heavy atom. The predicted molar refractivity (Wildman–Crippen MR) is 60.9 cm³/mol. The maximum atomic E-state index is 5.87. The molecule has 0 aliphatic carbocycles. The van der Waals surface area contributed by atoms with Gasteiger partial charge >= 0.3 is 0 Å². The van der Waals surface area contributed by atoms with Gasteiger partial charge in [0.05, 0.1) is 6.10 Å². The third-order valence-corrected chi connectivity index (χ3v) is 2.37. The Bertz CT molecular complexity index is 291. The van der Waals surface area contributed by atoms with Crippen molar-refractivity contribution in [2.75, 3.05) is 0 Å². The van der Waals surface area contributed by atoms with Crippen LogP contribution in [0, 0.1) is 13.8 Å². The first kappa shape index (κ1) is 11.1. The molecule has 1 aromatic rings. The molecule has 1 unspecified atom stereocenters. The lowest BCUT2D eigenvalue weighted by molar-refractivity contribution is 0.208. The topological polar surface area (TPSA) is 9.23 Å². The van der Waals surface area contributed by atoms with E-state index >= 15 is 0 Å². The van der Waals surface area contributed by atoms with Crippen LogP contribution in [-0.4, -0.2) is 6.10 Å². The number of hydrogen-bond acceptors (Lipinski definition) is 1. The van der Waals surface area contributed by atoms with Crippen molar-refractivity contribution in [3.8, 4) is 5.75 Å². The van der Waals surface area contributed by atoms with E-state index in [9.17, 15) is 0 Å². The Morgan fingerprint density at radius 1 is 1.29 bits per heavy atom. The van der Waals surface area contributed by atoms with Crippen LogP contribution in [0.5, 0.6) is 5.75 Å². The lowest BCUT2D eigenvalue weighted by Gasteiger charge is -2.16. The second-order valence-electron chi connectivity index (χ2n) is 3.99. The Balaban J connectivity index is 2.70. The molecule has 0 aliphatic heterocycles. The zero-order valence-electron chi connectivity index (χ0n) is 9.63. The lowest BCUT2D eigenvalue weighted by atomic mass is 10.1. The second kappa shape index (κ2) is 5.04. The summed E-state index contributed by atoms with van der Waals surface area (Å²) in [7, 11) is 0. The molecule has 0 saturated heterocycles. The van der Waals surface area contributed by atoms with Crippen LogP contribution < -0.4 is 4.74 Å². The minimum Gasteiger partial charge on any atom is -0.490 e. The van der Waals surface area contributed by atoms with Gasteiger partial charge < -0.3 is 4.74 Å². The van der Waals surface area contributed by atoms with Crippen LogP contribution in [0.25, 0.3) is 0 Å². The summed E-state index contributed by atoms with van der Waals surface area (Å²) < 4.78 is 5.87. The van der Waals surface area contributed by atoms with E-state index in [1.165, 1.54) is 17.5 Å². The molecule has 0 heterocycles. The molecule has 78 valence electrons. The monoisotopic (exact) mass is 192 g/mol. The van der Waals surface area contributed by atoms with E-state index in [0.29, 0.717) is 6.10 Å². The predicted octanol–water partition coefficient (Wildman–Crippen LogP) is 3.87. The van der Waals surface area contributed by atoms with Gasteiger partial charge in [-0.1, -0.05) is 25.5 Å². The summed E-state index contributed by atoms with van der Waals surface area (Å²) >= 11 is 0. The molecule has 1 heteroatoms. The van der Waals surface area contributed by atoms with Crippen LogP contribution in [0.15, 0.2) is 18.2 Å². The Labute approximate surface area is 87.1 Å². The largest absolute Gasteiger partial charge is 0.490 e. The highest BCUT2D eigenvalue weighted by Crippen LogP contribution is 2.21. The van der Waals surface area contributed by atoms with E-state index < -0.39 is 0 Å². The van der Waals surface area contributed by atoms with E-state index in [2.05, 4.69) is 45.9 Å². The summed E-state index contributed by atoms with van der Waals surface area (Å²) in [6.45, 7) is 8.50. The minimum absolute atomic E-state index is 0.320. The first-order chi connectivity index (χ1) is 6.63. The molecule has 1 aromatic carbocycles. The number of benzene rings is 1. The molecule has 1 rings (SSSR count). The van der Waals surface area contributed by atoms with Crippen LogP contribution in [0.1, 0.15) is 37.8 Å². The molecule has 0 radical (unpaired) electrons. The summed E-state index contributed by atoms with van der Waals surface area (Å²) in [6, 6.07) is 6.34. The number of rotatable bonds is 4. The van der Waals surface area contributed by atoms with Crippen molar-refractivity contribution >= 4 is 0 Å². The molecule has 0 saturated carbocycles. The average Bonchev–Trinajstić information content (AvgIpc) is 2.12. The maximum absolute atomic E-state index is 5.87. The summed E-state index contributed by atoms with van der Waals surface area (Å²) in [5, 5.41) is 0. The third-order valence-electron chi connectivity index (χ3n) is 2.37. The number of ether oxygens (including phenoxy) is 1. The van der Waals surface area contributed by atoms with Gasteiger partial charge in [-0.25, -0.2) is 0 Å². The number of aryl methyl sites for hydroxylation is 2. The summed E-state index contributed by atoms with van der Waals surface area (Å²) in [5.74, 6) is 1.03. The molecule has 0 bridgehead atoms. The van der Waals surface area contributed by atoms with Gasteiger partial charge in [-0.15, -0.1) is 0 Å². The highest BCUT2D eigenvalue weighted by atomic mass is 16.5. The van der Waals surface area contributed by atoms with Crippen LogP contribution in [0.2, 0.25) is 0 Å². The van der Waals surface area contributed by atoms with Crippen molar-refractivity contribution in [2.45, 2.75) is 46.6 Å². The lowest BCUT2D eigenvalue weighted by Crippen LogP contribution is -2.11. The molecule has 0 spiro atoms. The highest BCUT2D eigenvalue weighted by Gasteiger charge is 2.05. The highest BCUT2D eigenvalue weighted by molar-refractivity contribution is 5.36. The molecule has 0 aromatic heterocycles. The summed E-state index contributed by atoms with van der Waals surface area (Å²) in [6.07, 6.45) is 2.61. The van der Waals surface area contributed by atoms with Gasteiger partial charge in [0.25, 0.3) is 0 Å². The van der Waals surface area contributed by atoms with Crippen molar-refractivity contribution in [1.29, 1.82) is 0 Å². The third kappa shape index (κ3) is 3.06. The van der Waals surface area contributed by atoms with Gasteiger partial charge in [0.1, 0.15) is 5.75 Å². The molecule has 14 heavy (non-hydrogen) atoms. The van der Waals surface area contributed by atoms with Gasteiger partial charge in [-0.3, -0.25) is 0 Å². The van der Waals surface area contributed by atoms with Crippen LogP contribution >= 0.6 is 0 Å². The number of hydrogen-bond donors (Lipinski definition) is 0. The van der Waals surface area contributed by atoms with E-state index in [1.807, 2.05) is 0 Å². The molecule has 0 N–H and O–H groups in total. The minimum atomic E-state index is 0.320. The van der Waals surface area contributed by atoms with Gasteiger partial charge in [-0.2, -0.15) is 0 Å². The van der Waals surface area contributed by atoms with Crippen molar-refractivity contribution in [3.05, 3.63) is 29.3 Å². The summed E-state index contributed by atoms with van der Waals surface area (Å²) in [4.78, 5) is 0. The van der Waals surface area contributed by atoms with Gasteiger partial charge in [0, 0.05) is 0 Å². The fourth-order valence-electron chi connectivity index (χ4n) is 1.52. The van der Waals surface area contributed by atoms with Gasteiger partial charge in [-0.05, 0) is 44.4 Å². The molecular weight excluding hydrogens is 172 g/mol. The molecule has 0 fully saturated rings. The van der Waals surface area contributed by atoms with Crippen LogP contribution in [-0.2, 0) is 0 Å². The fourth-order valence-corrected chi connectivity index (χ4v) is 1.52. The molecule has 1 nitrogen and oxygen atoms in total. The smallest absolute Gasteiger partial charge is 0.122 e. The SMILES string of the molecule is CCCC(C)Oc1cc(C)ccc1C. The van der Waals surface area contributed by atoms with E-state index in [1.54, 1.807) is 0 Å². The van der Waals surface area contributed by atoms with E-state index in [0.717, 1.165) is 12.2 Å². The maximum Gasteiger partial charge on any atom is 0.122 e. The average molecular weight is 192 g/mol. The first-order valence-electron chi connectivity index (χ1n) is 5.37. The van der Waals surface area contributed by atoms with Crippen molar-refractivity contribution in [2.24, 2.45) is 0 Å². The van der Waals surface area contributed by atoms with Gasteiger partial charge in [0.15, 0.2) is 0 Å². The quantitative estimate of drug-likeness (QED) is 0.703. The summed E-state index contributed by atoms with van der Waals surface area (Å²) in [5.41, 5.74) is 2.48. The Hall–Kier alpha value is -0.980. The Morgan fingerprint density at radius 2 is 2.00 bits per heavy atom. The van der Waals surface area contributed by atoms with Crippen molar-refractivity contribution < 1.29 is 4.74 Å². The zero-order chi connectivity index (χ0) is 10.6. The fraction of sp³-hybridized carbons (Fsp3) is 0.538. The van der Waals surface area contributed by atoms with Gasteiger partial charge in [0.2, 0.25) is 0 Å². The van der Waals surface area contributed by atoms with Crippen molar-refractivity contribution in [3.63, 3.8) is 0 Å².